The van der Waals surface area contributed by atoms with Crippen LogP contribution in [0.25, 0.3) is 0 Å². The smallest absolute Gasteiger partial charge is 0.255 e. The highest BCUT2D eigenvalue weighted by Gasteiger charge is 2.21. The lowest BCUT2D eigenvalue weighted by Gasteiger charge is -2.24. The molecule has 88 valence electrons. The third-order valence-electron chi connectivity index (χ3n) is 2.17. The molecule has 1 amide bonds. The summed E-state index contributed by atoms with van der Waals surface area (Å²) in [5, 5.41) is 12.0. The van der Waals surface area contributed by atoms with Gasteiger partial charge < -0.3 is 16.2 Å². The maximum Gasteiger partial charge on any atom is 0.255 e. The van der Waals surface area contributed by atoms with E-state index in [4.69, 9.17) is 5.73 Å². The first kappa shape index (κ1) is 12.4. The van der Waals surface area contributed by atoms with Crippen LogP contribution in [0.3, 0.4) is 0 Å². The molecule has 0 saturated heterocycles. The SMILES string of the molecule is CC(C)(CN)NC(=O)c1ccc(F)cc1O. The molecule has 0 heterocycles. The van der Waals surface area contributed by atoms with Crippen LogP contribution in [0.15, 0.2) is 18.2 Å². The number of benzene rings is 1. The molecule has 0 fully saturated rings. The van der Waals surface area contributed by atoms with E-state index in [0.29, 0.717) is 0 Å². The van der Waals surface area contributed by atoms with Crippen molar-refractivity contribution >= 4 is 5.91 Å². The maximum atomic E-state index is 12.7. The molecule has 0 saturated carbocycles. The van der Waals surface area contributed by atoms with E-state index in [1.807, 2.05) is 0 Å². The van der Waals surface area contributed by atoms with E-state index in [0.717, 1.165) is 12.1 Å². The Morgan fingerprint density at radius 2 is 2.19 bits per heavy atom. The quantitative estimate of drug-likeness (QED) is 0.719. The molecular weight excluding hydrogens is 211 g/mol. The summed E-state index contributed by atoms with van der Waals surface area (Å²) in [6.07, 6.45) is 0. The highest BCUT2D eigenvalue weighted by atomic mass is 19.1. The molecule has 4 N–H and O–H groups in total. The summed E-state index contributed by atoms with van der Waals surface area (Å²) in [4.78, 5) is 11.7. The predicted molar refractivity (Wildman–Crippen MR) is 58.7 cm³/mol. The molecular formula is C11H15FN2O2. The van der Waals surface area contributed by atoms with Crippen molar-refractivity contribution in [2.45, 2.75) is 19.4 Å². The van der Waals surface area contributed by atoms with Crippen LogP contribution in [0.5, 0.6) is 5.75 Å². The van der Waals surface area contributed by atoms with E-state index in [-0.39, 0.29) is 17.9 Å². The zero-order valence-electron chi connectivity index (χ0n) is 9.25. The van der Waals surface area contributed by atoms with Gasteiger partial charge in [-0.25, -0.2) is 4.39 Å². The van der Waals surface area contributed by atoms with Crippen molar-refractivity contribution in [2.24, 2.45) is 5.73 Å². The molecule has 0 aliphatic rings. The fraction of sp³-hybridized carbons (Fsp3) is 0.364. The third kappa shape index (κ3) is 2.93. The minimum absolute atomic E-state index is 0.0305. The molecule has 0 unspecified atom stereocenters. The lowest BCUT2D eigenvalue weighted by Crippen LogP contribution is -2.48. The summed E-state index contributed by atoms with van der Waals surface area (Å²) in [6, 6.07) is 3.24. The number of nitrogens with one attached hydrogen (secondary N) is 1. The molecule has 0 aliphatic heterocycles. The summed E-state index contributed by atoms with van der Waals surface area (Å²) < 4.78 is 12.7. The molecule has 0 radical (unpaired) electrons. The van der Waals surface area contributed by atoms with Gasteiger partial charge in [0.2, 0.25) is 0 Å². The summed E-state index contributed by atoms with van der Waals surface area (Å²) in [7, 11) is 0. The Morgan fingerprint density at radius 1 is 1.56 bits per heavy atom. The number of carbonyl (C=O) groups is 1. The Hall–Kier alpha value is -1.62. The van der Waals surface area contributed by atoms with Crippen molar-refractivity contribution < 1.29 is 14.3 Å². The molecule has 1 aromatic carbocycles. The van der Waals surface area contributed by atoms with E-state index in [1.165, 1.54) is 6.07 Å². The van der Waals surface area contributed by atoms with Gasteiger partial charge in [-0.15, -0.1) is 0 Å². The number of hydrogen-bond acceptors (Lipinski definition) is 3. The molecule has 16 heavy (non-hydrogen) atoms. The van der Waals surface area contributed by atoms with Gasteiger partial charge >= 0.3 is 0 Å². The number of carbonyl (C=O) groups excluding carboxylic acids is 1. The lowest BCUT2D eigenvalue weighted by atomic mass is 10.0. The minimum atomic E-state index is -0.591. The van der Waals surface area contributed by atoms with Crippen LogP contribution in [0.1, 0.15) is 24.2 Å². The fourth-order valence-corrected chi connectivity index (χ4v) is 1.12. The molecule has 0 bridgehead atoms. The molecule has 0 spiro atoms. The van der Waals surface area contributed by atoms with Gasteiger partial charge in [0.05, 0.1) is 5.56 Å². The van der Waals surface area contributed by atoms with Gasteiger partial charge in [0.25, 0.3) is 5.91 Å². The van der Waals surface area contributed by atoms with Crippen LogP contribution in [0.4, 0.5) is 4.39 Å². The fourth-order valence-electron chi connectivity index (χ4n) is 1.12. The monoisotopic (exact) mass is 226 g/mol. The molecule has 5 heteroatoms. The Labute approximate surface area is 93.3 Å². The lowest BCUT2D eigenvalue weighted by molar-refractivity contribution is 0.0913. The van der Waals surface area contributed by atoms with Crippen LogP contribution in [0, 0.1) is 5.82 Å². The second-order valence-corrected chi connectivity index (χ2v) is 4.20. The van der Waals surface area contributed by atoms with Crippen LogP contribution in [-0.2, 0) is 0 Å². The zero-order valence-corrected chi connectivity index (χ0v) is 9.25. The van der Waals surface area contributed by atoms with Crippen molar-refractivity contribution in [3.8, 4) is 5.75 Å². The second-order valence-electron chi connectivity index (χ2n) is 4.20. The van der Waals surface area contributed by atoms with E-state index >= 15 is 0 Å². The number of rotatable bonds is 3. The second kappa shape index (κ2) is 4.49. The maximum absolute atomic E-state index is 12.7. The first-order valence-corrected chi connectivity index (χ1v) is 4.87. The van der Waals surface area contributed by atoms with Gasteiger partial charge in [-0.05, 0) is 26.0 Å². The van der Waals surface area contributed by atoms with Crippen LogP contribution < -0.4 is 11.1 Å². The summed E-state index contributed by atoms with van der Waals surface area (Å²) >= 11 is 0. The Bertz CT molecular complexity index is 405. The number of nitrogens with two attached hydrogens (primary N) is 1. The van der Waals surface area contributed by atoms with Crippen molar-refractivity contribution in [1.82, 2.24) is 5.32 Å². The van der Waals surface area contributed by atoms with E-state index < -0.39 is 17.3 Å². The molecule has 1 rings (SSSR count). The Kier molecular flexibility index (Phi) is 3.49. The van der Waals surface area contributed by atoms with Gasteiger partial charge in [0.1, 0.15) is 11.6 Å². The number of hydrogen-bond donors (Lipinski definition) is 3. The van der Waals surface area contributed by atoms with Gasteiger partial charge in [0, 0.05) is 18.2 Å². The first-order chi connectivity index (χ1) is 7.35. The average molecular weight is 226 g/mol. The highest BCUT2D eigenvalue weighted by molar-refractivity contribution is 5.97. The van der Waals surface area contributed by atoms with E-state index in [1.54, 1.807) is 13.8 Å². The van der Waals surface area contributed by atoms with E-state index in [2.05, 4.69) is 5.32 Å². The largest absolute Gasteiger partial charge is 0.507 e. The Morgan fingerprint density at radius 3 is 2.69 bits per heavy atom. The van der Waals surface area contributed by atoms with Crippen molar-refractivity contribution in [1.29, 1.82) is 0 Å². The molecule has 0 aliphatic carbocycles. The standard InChI is InChI=1S/C11H15FN2O2/c1-11(2,6-13)14-10(16)8-4-3-7(12)5-9(8)15/h3-5,15H,6,13H2,1-2H3,(H,14,16). The van der Waals surface area contributed by atoms with Crippen molar-refractivity contribution in [3.05, 3.63) is 29.6 Å². The topological polar surface area (TPSA) is 75.3 Å². The molecule has 0 aromatic heterocycles. The number of halogens is 1. The summed E-state index contributed by atoms with van der Waals surface area (Å²) in [5.74, 6) is -1.45. The van der Waals surface area contributed by atoms with Crippen LogP contribution in [-0.4, -0.2) is 23.1 Å². The van der Waals surface area contributed by atoms with E-state index in [9.17, 15) is 14.3 Å². The zero-order chi connectivity index (χ0) is 12.3. The summed E-state index contributed by atoms with van der Waals surface area (Å²) in [5.41, 5.74) is 4.92. The van der Waals surface area contributed by atoms with Gasteiger partial charge in [-0.3, -0.25) is 4.79 Å². The first-order valence-electron chi connectivity index (χ1n) is 4.87. The van der Waals surface area contributed by atoms with Gasteiger partial charge in [-0.1, -0.05) is 0 Å². The molecule has 1 aromatic rings. The summed E-state index contributed by atoms with van der Waals surface area (Å²) in [6.45, 7) is 3.78. The predicted octanol–water partition coefficient (Wildman–Crippen LogP) is 0.998. The van der Waals surface area contributed by atoms with Crippen molar-refractivity contribution in [3.63, 3.8) is 0 Å². The van der Waals surface area contributed by atoms with Crippen LogP contribution in [0.2, 0.25) is 0 Å². The van der Waals surface area contributed by atoms with Crippen molar-refractivity contribution in [2.75, 3.05) is 6.54 Å². The number of amides is 1. The third-order valence-corrected chi connectivity index (χ3v) is 2.17. The molecule has 0 atom stereocenters. The Balaban J connectivity index is 2.89. The van der Waals surface area contributed by atoms with Gasteiger partial charge in [0.15, 0.2) is 0 Å². The van der Waals surface area contributed by atoms with Crippen LogP contribution >= 0.6 is 0 Å². The highest BCUT2D eigenvalue weighted by Crippen LogP contribution is 2.18. The average Bonchev–Trinajstić information content (AvgIpc) is 2.16. The van der Waals surface area contributed by atoms with Gasteiger partial charge in [-0.2, -0.15) is 0 Å². The number of phenols is 1. The molecule has 4 nitrogen and oxygen atoms in total. The number of aromatic hydroxyl groups is 1. The minimum Gasteiger partial charge on any atom is -0.507 e. The number of phenolic OH excluding ortho intramolecular Hbond substituents is 1. The normalized spacial score (nSPS) is 11.2.